The quantitative estimate of drug-likeness (QED) is 0.888. The molecule has 0 radical (unpaired) electrons. The number of thiophene rings is 1. The van der Waals surface area contributed by atoms with Crippen molar-refractivity contribution in [1.29, 1.82) is 0 Å². The van der Waals surface area contributed by atoms with Crippen molar-refractivity contribution in [2.75, 3.05) is 13.7 Å². The lowest BCUT2D eigenvalue weighted by molar-refractivity contribution is 0.0828. The van der Waals surface area contributed by atoms with Crippen LogP contribution in [0.2, 0.25) is 0 Å². The molecule has 2 aromatic heterocycles. The van der Waals surface area contributed by atoms with Crippen molar-refractivity contribution in [1.82, 2.24) is 5.32 Å². The lowest BCUT2D eigenvalue weighted by Gasteiger charge is -2.14. The van der Waals surface area contributed by atoms with Crippen LogP contribution in [0.25, 0.3) is 0 Å². The molecular weight excluding hydrogens is 238 g/mol. The van der Waals surface area contributed by atoms with Crippen LogP contribution in [-0.4, -0.2) is 19.6 Å². The summed E-state index contributed by atoms with van der Waals surface area (Å²) in [6.07, 6.45) is 2.78. The van der Waals surface area contributed by atoms with Gasteiger partial charge in [-0.3, -0.25) is 4.79 Å². The third-order valence-corrected chi connectivity index (χ3v) is 3.13. The summed E-state index contributed by atoms with van der Waals surface area (Å²) < 4.78 is 10.2. The summed E-state index contributed by atoms with van der Waals surface area (Å²) in [5.41, 5.74) is 1.59. The van der Waals surface area contributed by atoms with Gasteiger partial charge in [0.15, 0.2) is 0 Å². The first kappa shape index (κ1) is 11.9. The first-order chi connectivity index (χ1) is 8.31. The predicted octanol–water partition coefficient (Wildman–Crippen LogP) is 2.46. The van der Waals surface area contributed by atoms with E-state index in [2.05, 4.69) is 5.32 Å². The smallest absolute Gasteiger partial charge is 0.254 e. The van der Waals surface area contributed by atoms with Gasteiger partial charge >= 0.3 is 0 Å². The minimum absolute atomic E-state index is 0.114. The van der Waals surface area contributed by atoms with Gasteiger partial charge in [-0.15, -0.1) is 0 Å². The third kappa shape index (κ3) is 2.95. The molecule has 0 aliphatic rings. The molecule has 17 heavy (non-hydrogen) atoms. The highest BCUT2D eigenvalue weighted by Crippen LogP contribution is 2.18. The van der Waals surface area contributed by atoms with E-state index in [1.165, 1.54) is 12.5 Å². The van der Waals surface area contributed by atoms with E-state index < -0.39 is 0 Å². The van der Waals surface area contributed by atoms with E-state index in [1.54, 1.807) is 24.5 Å². The van der Waals surface area contributed by atoms with Gasteiger partial charge in [0.05, 0.1) is 11.8 Å². The molecule has 5 heteroatoms. The summed E-state index contributed by atoms with van der Waals surface area (Å²) in [5.74, 6) is -0.156. The lowest BCUT2D eigenvalue weighted by atomic mass is 10.2. The highest BCUT2D eigenvalue weighted by atomic mass is 32.1. The molecule has 0 fully saturated rings. The number of carbonyl (C=O) groups is 1. The molecule has 1 N–H and O–H groups in total. The zero-order chi connectivity index (χ0) is 12.1. The van der Waals surface area contributed by atoms with Crippen molar-refractivity contribution in [2.24, 2.45) is 0 Å². The van der Waals surface area contributed by atoms with Crippen LogP contribution in [0.1, 0.15) is 22.0 Å². The molecule has 1 atom stereocenters. The molecule has 2 aromatic rings. The van der Waals surface area contributed by atoms with Crippen LogP contribution >= 0.6 is 11.3 Å². The first-order valence-electron chi connectivity index (χ1n) is 5.16. The molecular formula is C12H13NO3S. The number of hydrogen-bond acceptors (Lipinski definition) is 4. The monoisotopic (exact) mass is 251 g/mol. The van der Waals surface area contributed by atoms with Gasteiger partial charge in [-0.05, 0) is 28.5 Å². The van der Waals surface area contributed by atoms with Crippen LogP contribution in [0.15, 0.2) is 39.8 Å². The molecule has 0 saturated heterocycles. The molecule has 0 aromatic carbocycles. The van der Waals surface area contributed by atoms with E-state index in [0.29, 0.717) is 12.1 Å². The average Bonchev–Trinajstić information content (AvgIpc) is 3.02. The molecule has 90 valence electrons. The van der Waals surface area contributed by atoms with Crippen LogP contribution in [0.5, 0.6) is 0 Å². The summed E-state index contributed by atoms with van der Waals surface area (Å²) in [5, 5.41) is 6.80. The first-order valence-corrected chi connectivity index (χ1v) is 6.11. The molecule has 0 unspecified atom stereocenters. The average molecular weight is 251 g/mol. The summed E-state index contributed by atoms with van der Waals surface area (Å²) in [4.78, 5) is 11.7. The van der Waals surface area contributed by atoms with Crippen LogP contribution in [0.3, 0.4) is 0 Å². The van der Waals surface area contributed by atoms with Crippen molar-refractivity contribution in [3.8, 4) is 0 Å². The zero-order valence-corrected chi connectivity index (χ0v) is 10.2. The molecule has 0 saturated carbocycles. The Hall–Kier alpha value is -1.59. The standard InChI is InChI=1S/C12H13NO3S/c1-15-11(10-3-5-17-8-10)6-13-12(14)9-2-4-16-7-9/h2-5,7-8,11H,6H2,1H3,(H,13,14)/t11-/m1/s1. The highest BCUT2D eigenvalue weighted by molar-refractivity contribution is 7.07. The Morgan fingerprint density at radius 3 is 3.06 bits per heavy atom. The molecule has 2 rings (SSSR count). The van der Waals surface area contributed by atoms with Gasteiger partial charge in [-0.25, -0.2) is 0 Å². The van der Waals surface area contributed by atoms with Gasteiger partial charge in [0.2, 0.25) is 0 Å². The van der Waals surface area contributed by atoms with E-state index in [-0.39, 0.29) is 12.0 Å². The summed E-state index contributed by atoms with van der Waals surface area (Å²) in [6, 6.07) is 3.62. The summed E-state index contributed by atoms with van der Waals surface area (Å²) in [7, 11) is 1.63. The Balaban J connectivity index is 1.91. The number of hydrogen-bond donors (Lipinski definition) is 1. The van der Waals surface area contributed by atoms with Crippen molar-refractivity contribution >= 4 is 17.2 Å². The molecule has 0 bridgehead atoms. The molecule has 2 heterocycles. The number of furan rings is 1. The van der Waals surface area contributed by atoms with Gasteiger partial charge in [-0.2, -0.15) is 11.3 Å². The fraction of sp³-hybridized carbons (Fsp3) is 0.250. The molecule has 1 amide bonds. The van der Waals surface area contributed by atoms with Crippen molar-refractivity contribution < 1.29 is 13.9 Å². The second kappa shape index (κ2) is 5.65. The van der Waals surface area contributed by atoms with Gasteiger partial charge < -0.3 is 14.5 Å². The van der Waals surface area contributed by atoms with E-state index in [9.17, 15) is 4.79 Å². The van der Waals surface area contributed by atoms with Crippen LogP contribution in [0.4, 0.5) is 0 Å². The van der Waals surface area contributed by atoms with Crippen molar-refractivity contribution in [3.05, 3.63) is 46.5 Å². The molecule has 0 aliphatic carbocycles. The van der Waals surface area contributed by atoms with Gasteiger partial charge in [0.25, 0.3) is 5.91 Å². The number of nitrogens with one attached hydrogen (secondary N) is 1. The number of amides is 1. The zero-order valence-electron chi connectivity index (χ0n) is 9.38. The van der Waals surface area contributed by atoms with E-state index in [0.717, 1.165) is 5.56 Å². The van der Waals surface area contributed by atoms with Gasteiger partial charge in [0, 0.05) is 13.7 Å². The Kier molecular flexibility index (Phi) is 3.95. The fourth-order valence-corrected chi connectivity index (χ4v) is 2.18. The maximum atomic E-state index is 11.7. The summed E-state index contributed by atoms with van der Waals surface area (Å²) in [6.45, 7) is 0.442. The van der Waals surface area contributed by atoms with E-state index >= 15 is 0 Å². The molecule has 4 nitrogen and oxygen atoms in total. The number of rotatable bonds is 5. The second-order valence-electron chi connectivity index (χ2n) is 3.50. The molecule has 0 aliphatic heterocycles. The lowest BCUT2D eigenvalue weighted by Crippen LogP contribution is -2.28. The fourth-order valence-electron chi connectivity index (χ4n) is 1.48. The maximum absolute atomic E-state index is 11.7. The third-order valence-electron chi connectivity index (χ3n) is 2.43. The largest absolute Gasteiger partial charge is 0.472 e. The van der Waals surface area contributed by atoms with Crippen LogP contribution in [-0.2, 0) is 4.74 Å². The van der Waals surface area contributed by atoms with Crippen molar-refractivity contribution in [2.45, 2.75) is 6.10 Å². The predicted molar refractivity (Wildman–Crippen MR) is 65.1 cm³/mol. The minimum atomic E-state index is -0.156. The maximum Gasteiger partial charge on any atom is 0.254 e. The van der Waals surface area contributed by atoms with Crippen LogP contribution < -0.4 is 5.32 Å². The SMILES string of the molecule is CO[C@H](CNC(=O)c1ccoc1)c1ccsc1. The normalized spacial score (nSPS) is 12.3. The van der Waals surface area contributed by atoms with E-state index in [1.807, 2.05) is 16.8 Å². The number of ether oxygens (including phenoxy) is 1. The number of methoxy groups -OCH3 is 1. The van der Waals surface area contributed by atoms with E-state index in [4.69, 9.17) is 9.15 Å². The Bertz CT molecular complexity index is 450. The Morgan fingerprint density at radius 2 is 2.47 bits per heavy atom. The Morgan fingerprint density at radius 1 is 1.59 bits per heavy atom. The highest BCUT2D eigenvalue weighted by Gasteiger charge is 2.13. The second-order valence-corrected chi connectivity index (χ2v) is 4.28. The van der Waals surface area contributed by atoms with Crippen LogP contribution in [0, 0.1) is 0 Å². The topological polar surface area (TPSA) is 51.5 Å². The van der Waals surface area contributed by atoms with Gasteiger partial charge in [0.1, 0.15) is 12.4 Å². The Labute approximate surface area is 103 Å². The van der Waals surface area contributed by atoms with Crippen molar-refractivity contribution in [3.63, 3.8) is 0 Å². The number of carbonyl (C=O) groups excluding carboxylic acids is 1. The molecule has 0 spiro atoms. The summed E-state index contributed by atoms with van der Waals surface area (Å²) >= 11 is 1.61. The van der Waals surface area contributed by atoms with Gasteiger partial charge in [-0.1, -0.05) is 0 Å². The minimum Gasteiger partial charge on any atom is -0.472 e.